The molecule has 0 spiro atoms. The van der Waals surface area contributed by atoms with Crippen molar-refractivity contribution in [2.45, 2.75) is 18.3 Å². The highest BCUT2D eigenvalue weighted by molar-refractivity contribution is 6.13. The van der Waals surface area contributed by atoms with Crippen molar-refractivity contribution in [1.29, 1.82) is 0 Å². The average molecular weight is 1400 g/mol. The van der Waals surface area contributed by atoms with Crippen LogP contribution < -0.4 is 100 Å². The summed E-state index contributed by atoms with van der Waals surface area (Å²) < 4.78 is 73.5. The molecule has 102 heavy (non-hydrogen) atoms. The minimum atomic E-state index is -0.679. The zero-order valence-corrected chi connectivity index (χ0v) is 58.1. The van der Waals surface area contributed by atoms with Gasteiger partial charge in [0.15, 0.2) is 46.0 Å². The molecule has 5 heterocycles. The van der Waals surface area contributed by atoms with Gasteiger partial charge in [-0.05, 0) is 119 Å². The Morgan fingerprint density at radius 2 is 0.892 bits per heavy atom. The highest BCUT2D eigenvalue weighted by Crippen LogP contribution is 2.55. The molecular formula is C73H85N11O18. The maximum absolute atomic E-state index is 14.6. The number of imide groups is 1. The number of hydrazone groups is 2. The summed E-state index contributed by atoms with van der Waals surface area (Å²) in [7, 11) is 12.6. The van der Waals surface area contributed by atoms with Gasteiger partial charge in [0.05, 0.1) is 124 Å². The molecule has 5 amide bonds. The van der Waals surface area contributed by atoms with Gasteiger partial charge >= 0.3 is 0 Å². The first-order chi connectivity index (χ1) is 49.7. The number of rotatable bonds is 26. The largest absolute Gasteiger partial charge is 0.497 e. The predicted molar refractivity (Wildman–Crippen MR) is 376 cm³/mol. The van der Waals surface area contributed by atoms with Gasteiger partial charge in [0.2, 0.25) is 42.8 Å². The van der Waals surface area contributed by atoms with Crippen LogP contribution in [-0.4, -0.2) is 188 Å². The van der Waals surface area contributed by atoms with Gasteiger partial charge < -0.3 is 94.7 Å². The van der Waals surface area contributed by atoms with E-state index < -0.39 is 23.7 Å². The molecule has 6 atom stereocenters. The molecule has 0 radical (unpaired) electrons. The van der Waals surface area contributed by atoms with Gasteiger partial charge in [-0.15, -0.1) is 0 Å². The van der Waals surface area contributed by atoms with Crippen LogP contribution in [0.25, 0.3) is 0 Å². The summed E-state index contributed by atoms with van der Waals surface area (Å²) in [4.78, 5) is 65.8. The van der Waals surface area contributed by atoms with Crippen molar-refractivity contribution in [1.82, 2.24) is 20.9 Å². The second kappa shape index (κ2) is 33.0. The second-order valence-corrected chi connectivity index (χ2v) is 24.1. The van der Waals surface area contributed by atoms with E-state index >= 15 is 0 Å². The fourth-order valence-electron chi connectivity index (χ4n) is 13.7. The normalized spacial score (nSPS) is 18.9. The molecule has 0 aromatic heterocycles. The second-order valence-electron chi connectivity index (χ2n) is 24.1. The summed E-state index contributed by atoms with van der Waals surface area (Å²) in [6.45, 7) is 3.63. The molecule has 0 unspecified atom stereocenters. The third-order valence-electron chi connectivity index (χ3n) is 18.4. The third-order valence-corrected chi connectivity index (χ3v) is 18.4. The number of benzene rings is 6. The van der Waals surface area contributed by atoms with E-state index in [-0.39, 0.29) is 94.2 Å². The number of nitrogens with zero attached hydrogens (tertiary/aromatic N) is 5. The molecule has 5 aliphatic heterocycles. The fraction of sp³-hybridized carbons (Fsp3) is 0.384. The third kappa shape index (κ3) is 15.0. The summed E-state index contributed by atoms with van der Waals surface area (Å²) in [6, 6.07) is 30.6. The van der Waals surface area contributed by atoms with Crippen molar-refractivity contribution >= 4 is 52.3 Å². The predicted octanol–water partition coefficient (Wildman–Crippen LogP) is 4.65. The van der Waals surface area contributed by atoms with E-state index in [4.69, 9.17) is 89.0 Å². The molecule has 0 saturated heterocycles. The number of amides is 5. The molecule has 0 fully saturated rings. The fourth-order valence-corrected chi connectivity index (χ4v) is 13.7. The van der Waals surface area contributed by atoms with Crippen LogP contribution in [0.4, 0.5) is 11.4 Å². The van der Waals surface area contributed by atoms with E-state index in [1.165, 1.54) is 19.3 Å². The van der Waals surface area contributed by atoms with E-state index in [1.807, 2.05) is 107 Å². The van der Waals surface area contributed by atoms with Gasteiger partial charge in [-0.1, -0.05) is 0 Å². The number of hydrogen-bond acceptors (Lipinski definition) is 25. The number of hydrogen-bond donors (Lipinski definition) is 6. The Labute approximate surface area is 589 Å². The van der Waals surface area contributed by atoms with Gasteiger partial charge in [-0.25, -0.2) is 0 Å². The standard InChI is InChI=1S/C40H43N5O11.C31H34N4O7.C2H8N2/c1-50-25-7-5-24(6-8-25)45-21-28-37(40(49)42-13-12-41-33(46)11-15-54-16-14-44-34(47)9-10-35(44)48)36(23-17-31(51-2)39(53-4)32(18-23)52-3)26-19-29-30(56-22-55-29)20-27(26)38(28)43-45;1-37-19-7-5-18(6-8-19)35-15-22-28(31(36)33-10-9-32)27(17-11-25(38-2)30(40-4)26(12-17)39-3)20-13-23-24(42-16-41-23)14-21(20)29(22)34-35;3-1-2-4/h5-10,17-20,28,36-37H,11-16,21-22H2,1-4H3,(H,41,46)(H,42,49);5-8,11-14,22,27-28H,9-10,15-16,32H2,1-4H3,(H,33,36);1-4H2/t28-,36+,37-;22-,27+,28-;/m00./s1. The highest BCUT2D eigenvalue weighted by atomic mass is 16.7. The number of methoxy groups -OCH3 is 8. The van der Waals surface area contributed by atoms with Crippen molar-refractivity contribution in [2.24, 2.45) is 51.1 Å². The van der Waals surface area contributed by atoms with Gasteiger partial charge in [0.1, 0.15) is 11.5 Å². The minimum Gasteiger partial charge on any atom is -0.497 e. The van der Waals surface area contributed by atoms with Crippen LogP contribution in [0, 0.1) is 23.7 Å². The number of carbonyl (C=O) groups excluding carboxylic acids is 5. The lowest BCUT2D eigenvalue weighted by Crippen LogP contribution is -2.47. The van der Waals surface area contributed by atoms with E-state index in [9.17, 15) is 24.0 Å². The summed E-state index contributed by atoms with van der Waals surface area (Å²) in [5, 5.41) is 23.0. The average Bonchev–Trinajstić information content (AvgIpc) is 1.46. The van der Waals surface area contributed by atoms with Crippen LogP contribution in [0.3, 0.4) is 0 Å². The molecule has 540 valence electrons. The van der Waals surface area contributed by atoms with Crippen molar-refractivity contribution in [3.8, 4) is 69.0 Å². The Morgan fingerprint density at radius 1 is 0.490 bits per heavy atom. The smallest absolute Gasteiger partial charge is 0.253 e. The Hall–Kier alpha value is -11.0. The molecule has 0 bridgehead atoms. The van der Waals surface area contributed by atoms with E-state index in [0.717, 1.165) is 66.8 Å². The first kappa shape index (κ1) is 72.2. The van der Waals surface area contributed by atoms with Crippen LogP contribution in [0.5, 0.6) is 69.0 Å². The van der Waals surface area contributed by atoms with Crippen LogP contribution in [0.15, 0.2) is 119 Å². The van der Waals surface area contributed by atoms with Crippen molar-refractivity contribution < 1.29 is 85.6 Å². The van der Waals surface area contributed by atoms with Gasteiger partial charge in [0.25, 0.3) is 11.8 Å². The maximum atomic E-state index is 14.6. The van der Waals surface area contributed by atoms with Crippen molar-refractivity contribution in [2.75, 3.05) is 153 Å². The highest BCUT2D eigenvalue weighted by Gasteiger charge is 2.52. The topological polar surface area (TPSA) is 354 Å². The number of fused-ring (bicyclic) bond motifs is 8. The summed E-state index contributed by atoms with van der Waals surface area (Å²) in [5.74, 6) is 2.51. The van der Waals surface area contributed by atoms with Crippen LogP contribution in [-0.2, 0) is 28.7 Å². The number of ether oxygens (including phenoxy) is 13. The first-order valence-electron chi connectivity index (χ1n) is 33.2. The molecule has 6 aromatic carbocycles. The molecule has 29 nitrogen and oxygen atoms in total. The van der Waals surface area contributed by atoms with Gasteiger partial charge in [-0.3, -0.25) is 38.9 Å². The lowest BCUT2D eigenvalue weighted by Gasteiger charge is -2.38. The quantitative estimate of drug-likeness (QED) is 0.0318. The molecule has 6 aromatic rings. The Balaban J connectivity index is 0.000000202. The molecule has 0 saturated carbocycles. The molecule has 7 aliphatic rings. The maximum Gasteiger partial charge on any atom is 0.253 e. The number of nitrogens with two attached hydrogens (primary N) is 3. The van der Waals surface area contributed by atoms with Gasteiger partial charge in [-0.2, -0.15) is 10.2 Å². The van der Waals surface area contributed by atoms with Crippen LogP contribution in [0.2, 0.25) is 0 Å². The van der Waals surface area contributed by atoms with Gasteiger partial charge in [0, 0.05) is 92.6 Å². The Bertz CT molecular complexity index is 4080. The summed E-state index contributed by atoms with van der Waals surface area (Å²) in [5.41, 5.74) is 23.9. The summed E-state index contributed by atoms with van der Waals surface area (Å²) in [6.07, 6.45) is 2.49. The van der Waals surface area contributed by atoms with Crippen LogP contribution >= 0.6 is 0 Å². The van der Waals surface area contributed by atoms with Crippen molar-refractivity contribution in [3.05, 3.63) is 143 Å². The van der Waals surface area contributed by atoms with E-state index in [0.29, 0.717) is 103 Å². The molecule has 2 aliphatic carbocycles. The number of anilines is 2. The lowest BCUT2D eigenvalue weighted by atomic mass is 9.65. The summed E-state index contributed by atoms with van der Waals surface area (Å²) >= 11 is 0. The minimum absolute atomic E-state index is 0.0654. The molecule has 13 rings (SSSR count). The lowest BCUT2D eigenvalue weighted by molar-refractivity contribution is -0.138. The Kier molecular flexibility index (Phi) is 23.4. The first-order valence-corrected chi connectivity index (χ1v) is 33.2. The monoisotopic (exact) mass is 1400 g/mol. The molecule has 29 heteroatoms. The molecule has 9 N–H and O–H groups in total. The zero-order chi connectivity index (χ0) is 72.1. The van der Waals surface area contributed by atoms with E-state index in [2.05, 4.69) is 16.0 Å². The number of carbonyl (C=O) groups is 5. The number of nitrogens with one attached hydrogen (secondary N) is 3. The zero-order valence-electron chi connectivity index (χ0n) is 58.1. The molecular weight excluding hydrogens is 1320 g/mol. The SMILES string of the molecule is COc1ccc(N2C[C@@H]3C(=N2)c2cc4c(cc2[C@@H](c2cc(OC)c(OC)c(OC)c2)[C@H]3C(=O)NCCN)OCO4)cc1.COc1ccc(N2C[C@@H]3C(=N2)c2cc4c(cc2[C@@H](c2cc(OC)c(OC)c(OC)c2)[C@H]3C(=O)NCCNC(=O)CCOCCN2C(=O)C=CC2=O)OCO4)cc1.NCCN. The van der Waals surface area contributed by atoms with Crippen molar-refractivity contribution in [3.63, 3.8) is 0 Å². The Morgan fingerprint density at radius 3 is 1.27 bits per heavy atom. The van der Waals surface area contributed by atoms with E-state index in [1.54, 1.807) is 49.8 Å². The van der Waals surface area contributed by atoms with Crippen LogP contribution in [0.1, 0.15) is 51.6 Å².